The van der Waals surface area contributed by atoms with Crippen molar-refractivity contribution >= 4 is 58.1 Å². The summed E-state index contributed by atoms with van der Waals surface area (Å²) in [6.45, 7) is 5.03. The maximum Gasteiger partial charge on any atom is 0.343 e. The van der Waals surface area contributed by atoms with Crippen LogP contribution in [-0.2, 0) is 19.1 Å². The number of halogens is 1. The minimum absolute atomic E-state index is 0.126. The van der Waals surface area contributed by atoms with Crippen LogP contribution >= 0.6 is 23.4 Å². The molecule has 1 aliphatic heterocycles. The van der Waals surface area contributed by atoms with E-state index in [1.807, 2.05) is 32.0 Å². The van der Waals surface area contributed by atoms with Crippen LogP contribution in [0.25, 0.3) is 6.08 Å². The molecule has 0 aliphatic carbocycles. The second kappa shape index (κ2) is 12.0. The number of anilines is 1. The number of esters is 1. The predicted octanol–water partition coefficient (Wildman–Crippen LogP) is 4.58. The number of hydrogen-bond acceptors (Lipinski definition) is 8. The first-order valence-electron chi connectivity index (χ1n) is 10.9. The van der Waals surface area contributed by atoms with E-state index < -0.39 is 29.6 Å². The zero-order valence-electron chi connectivity index (χ0n) is 20.2. The predicted molar refractivity (Wildman–Crippen MR) is 137 cm³/mol. The number of aryl methyl sites for hydroxylation is 2. The van der Waals surface area contributed by atoms with Crippen LogP contribution in [0, 0.1) is 13.8 Å². The molecule has 1 saturated heterocycles. The van der Waals surface area contributed by atoms with Crippen molar-refractivity contribution in [1.29, 1.82) is 0 Å². The van der Waals surface area contributed by atoms with E-state index in [1.165, 1.54) is 19.3 Å². The van der Waals surface area contributed by atoms with Crippen LogP contribution in [0.5, 0.6) is 11.5 Å². The zero-order chi connectivity index (χ0) is 26.4. The van der Waals surface area contributed by atoms with E-state index in [1.54, 1.807) is 13.0 Å². The lowest BCUT2D eigenvalue weighted by molar-refractivity contribution is -0.143. The first-order chi connectivity index (χ1) is 17.1. The lowest BCUT2D eigenvalue weighted by Crippen LogP contribution is -2.36. The molecule has 36 heavy (non-hydrogen) atoms. The summed E-state index contributed by atoms with van der Waals surface area (Å²) in [5, 5.41) is 2.33. The average Bonchev–Trinajstić information content (AvgIpc) is 3.08. The average molecular weight is 533 g/mol. The molecule has 0 saturated carbocycles. The standard InChI is InChI=1S/C25H25ClN2O7S/c1-5-34-19-10-16(9-17(26)23(19)35-13-22(30)33-4)11-20-24(31)28(25(32)36-20)12-21(29)27-18-8-14(2)6-7-15(18)3/h6-11H,5,12-13H2,1-4H3,(H,27,29)/b20-11-. The van der Waals surface area contributed by atoms with Gasteiger partial charge >= 0.3 is 5.97 Å². The Morgan fingerprint density at radius 2 is 1.89 bits per heavy atom. The van der Waals surface area contributed by atoms with Gasteiger partial charge in [-0.2, -0.15) is 0 Å². The molecule has 9 nitrogen and oxygen atoms in total. The summed E-state index contributed by atoms with van der Waals surface area (Å²) in [7, 11) is 1.24. The number of imide groups is 1. The molecule has 2 aromatic carbocycles. The van der Waals surface area contributed by atoms with Crippen LogP contribution in [0.3, 0.4) is 0 Å². The van der Waals surface area contributed by atoms with Gasteiger partial charge in [0.1, 0.15) is 6.54 Å². The number of benzene rings is 2. The Kier molecular flexibility index (Phi) is 9.00. The van der Waals surface area contributed by atoms with Gasteiger partial charge in [0.25, 0.3) is 11.1 Å². The maximum absolute atomic E-state index is 12.9. The second-order valence-electron chi connectivity index (χ2n) is 7.76. The third-order valence-electron chi connectivity index (χ3n) is 5.03. The van der Waals surface area contributed by atoms with Crippen molar-refractivity contribution in [2.75, 3.05) is 32.2 Å². The molecule has 1 heterocycles. The molecule has 0 aromatic heterocycles. The number of thioether (sulfide) groups is 1. The summed E-state index contributed by atoms with van der Waals surface area (Å²) in [5.74, 6) is -1.26. The van der Waals surface area contributed by atoms with Gasteiger partial charge in [0.05, 0.1) is 23.6 Å². The van der Waals surface area contributed by atoms with Crippen molar-refractivity contribution in [2.24, 2.45) is 0 Å². The number of nitrogens with zero attached hydrogens (tertiary/aromatic N) is 1. The van der Waals surface area contributed by atoms with E-state index in [4.69, 9.17) is 21.1 Å². The minimum Gasteiger partial charge on any atom is -0.490 e. The van der Waals surface area contributed by atoms with Crippen LogP contribution in [0.15, 0.2) is 35.2 Å². The van der Waals surface area contributed by atoms with E-state index >= 15 is 0 Å². The maximum atomic E-state index is 12.9. The number of carbonyl (C=O) groups is 4. The van der Waals surface area contributed by atoms with Crippen LogP contribution in [0.1, 0.15) is 23.6 Å². The highest BCUT2D eigenvalue weighted by molar-refractivity contribution is 8.18. The van der Waals surface area contributed by atoms with Crippen molar-refractivity contribution < 1.29 is 33.4 Å². The third-order valence-corrected chi connectivity index (χ3v) is 6.22. The Balaban J connectivity index is 1.77. The van der Waals surface area contributed by atoms with Gasteiger partial charge in [-0.05, 0) is 73.5 Å². The lowest BCUT2D eigenvalue weighted by Gasteiger charge is -2.14. The third kappa shape index (κ3) is 6.58. The molecule has 0 bridgehead atoms. The summed E-state index contributed by atoms with van der Waals surface area (Å²) in [6.07, 6.45) is 1.48. The number of ether oxygens (including phenoxy) is 3. The largest absolute Gasteiger partial charge is 0.490 e. The highest BCUT2D eigenvalue weighted by Gasteiger charge is 2.36. The van der Waals surface area contributed by atoms with Gasteiger partial charge in [-0.15, -0.1) is 0 Å². The Labute approximate surface area is 217 Å². The summed E-state index contributed by atoms with van der Waals surface area (Å²) in [4.78, 5) is 50.4. The summed E-state index contributed by atoms with van der Waals surface area (Å²) < 4.78 is 15.6. The molecule has 0 unspecified atom stereocenters. The quantitative estimate of drug-likeness (QED) is 0.369. The van der Waals surface area contributed by atoms with Crippen LogP contribution in [-0.4, -0.2) is 54.8 Å². The molecule has 11 heteroatoms. The van der Waals surface area contributed by atoms with E-state index in [0.29, 0.717) is 17.9 Å². The van der Waals surface area contributed by atoms with Crippen LogP contribution in [0.4, 0.5) is 10.5 Å². The molecule has 3 amide bonds. The topological polar surface area (TPSA) is 111 Å². The fraction of sp³-hybridized carbons (Fsp3) is 0.280. The molecule has 2 aromatic rings. The molecule has 1 fully saturated rings. The van der Waals surface area contributed by atoms with Gasteiger partial charge in [0.2, 0.25) is 5.91 Å². The van der Waals surface area contributed by atoms with Gasteiger partial charge in [0, 0.05) is 5.69 Å². The van der Waals surface area contributed by atoms with Gasteiger partial charge < -0.3 is 19.5 Å². The van der Waals surface area contributed by atoms with Crippen LogP contribution in [0.2, 0.25) is 5.02 Å². The molecular formula is C25H25ClN2O7S. The monoisotopic (exact) mass is 532 g/mol. The van der Waals surface area contributed by atoms with E-state index in [-0.39, 0.29) is 28.0 Å². The van der Waals surface area contributed by atoms with Crippen molar-refractivity contribution in [2.45, 2.75) is 20.8 Å². The highest BCUT2D eigenvalue weighted by atomic mass is 35.5. The molecular weight excluding hydrogens is 508 g/mol. The molecule has 190 valence electrons. The SMILES string of the molecule is CCOc1cc(/C=C2\SC(=O)N(CC(=O)Nc3cc(C)ccc3C)C2=O)cc(Cl)c1OCC(=O)OC. The zero-order valence-corrected chi connectivity index (χ0v) is 21.7. The van der Waals surface area contributed by atoms with Crippen molar-refractivity contribution in [3.8, 4) is 11.5 Å². The number of nitrogens with one attached hydrogen (secondary N) is 1. The van der Waals surface area contributed by atoms with E-state index in [9.17, 15) is 19.2 Å². The van der Waals surface area contributed by atoms with E-state index in [2.05, 4.69) is 10.1 Å². The number of amides is 3. The Bertz CT molecular complexity index is 1250. The van der Waals surface area contributed by atoms with Gasteiger partial charge in [0.15, 0.2) is 18.1 Å². The number of methoxy groups -OCH3 is 1. The number of carbonyl (C=O) groups excluding carboxylic acids is 4. The van der Waals surface area contributed by atoms with Crippen molar-refractivity contribution in [3.63, 3.8) is 0 Å². The minimum atomic E-state index is -0.596. The first kappa shape index (κ1) is 27.1. The van der Waals surface area contributed by atoms with Crippen molar-refractivity contribution in [3.05, 3.63) is 56.9 Å². The first-order valence-corrected chi connectivity index (χ1v) is 12.1. The molecule has 1 N–H and O–H groups in total. The molecule has 0 spiro atoms. The summed E-state index contributed by atoms with van der Waals surface area (Å²) in [6, 6.07) is 8.70. The smallest absolute Gasteiger partial charge is 0.343 e. The normalized spacial score (nSPS) is 14.2. The lowest BCUT2D eigenvalue weighted by atomic mass is 10.1. The fourth-order valence-electron chi connectivity index (χ4n) is 3.26. The van der Waals surface area contributed by atoms with Crippen molar-refractivity contribution in [1.82, 2.24) is 4.90 Å². The molecule has 0 radical (unpaired) electrons. The number of hydrogen-bond donors (Lipinski definition) is 1. The Morgan fingerprint density at radius 1 is 1.14 bits per heavy atom. The Morgan fingerprint density at radius 3 is 2.58 bits per heavy atom. The summed E-state index contributed by atoms with van der Waals surface area (Å²) >= 11 is 7.06. The highest BCUT2D eigenvalue weighted by Crippen LogP contribution is 2.39. The van der Waals surface area contributed by atoms with Gasteiger partial charge in [-0.3, -0.25) is 19.3 Å². The second-order valence-corrected chi connectivity index (χ2v) is 9.16. The molecule has 1 aliphatic rings. The van der Waals surface area contributed by atoms with E-state index in [0.717, 1.165) is 27.8 Å². The molecule has 3 rings (SSSR count). The van der Waals surface area contributed by atoms with Gasteiger partial charge in [-0.25, -0.2) is 4.79 Å². The van der Waals surface area contributed by atoms with Gasteiger partial charge in [-0.1, -0.05) is 23.7 Å². The number of rotatable bonds is 9. The molecule has 0 atom stereocenters. The fourth-order valence-corrected chi connectivity index (χ4v) is 4.37. The summed E-state index contributed by atoms with van der Waals surface area (Å²) in [5.41, 5.74) is 2.93. The Hall–Kier alpha value is -3.50. The van der Waals surface area contributed by atoms with Crippen LogP contribution < -0.4 is 14.8 Å².